The van der Waals surface area contributed by atoms with E-state index in [0.717, 1.165) is 30.8 Å². The molecule has 1 saturated heterocycles. The summed E-state index contributed by atoms with van der Waals surface area (Å²) >= 11 is 0. The summed E-state index contributed by atoms with van der Waals surface area (Å²) < 4.78 is 9.81. The summed E-state index contributed by atoms with van der Waals surface area (Å²) in [6, 6.07) is 8.23. The first-order valence-electron chi connectivity index (χ1n) is 7.10. The zero-order chi connectivity index (χ0) is 15.2. The summed E-state index contributed by atoms with van der Waals surface area (Å²) in [4.78, 5) is 13.6. The summed E-state index contributed by atoms with van der Waals surface area (Å²) in [5.74, 6) is 0.834. The van der Waals surface area contributed by atoms with Crippen molar-refractivity contribution in [3.05, 3.63) is 29.8 Å². The molecule has 6 nitrogen and oxygen atoms in total. The van der Waals surface area contributed by atoms with E-state index in [9.17, 15) is 4.79 Å². The molecule has 1 aliphatic rings. The SMILES string of the molecule is COC(=O)NC1CCN(C(CN)c2ccc(OC)cc2)C1. The molecule has 3 N–H and O–H groups in total. The molecule has 21 heavy (non-hydrogen) atoms. The lowest BCUT2D eigenvalue weighted by atomic mass is 10.1. The van der Waals surface area contributed by atoms with Crippen LogP contribution in [0.25, 0.3) is 0 Å². The van der Waals surface area contributed by atoms with E-state index in [2.05, 4.69) is 15.0 Å². The number of ether oxygens (including phenoxy) is 2. The Balaban J connectivity index is 1.99. The monoisotopic (exact) mass is 293 g/mol. The van der Waals surface area contributed by atoms with Gasteiger partial charge in [0.25, 0.3) is 0 Å². The Morgan fingerprint density at radius 3 is 2.71 bits per heavy atom. The van der Waals surface area contributed by atoms with E-state index in [4.69, 9.17) is 10.5 Å². The zero-order valence-electron chi connectivity index (χ0n) is 12.5. The summed E-state index contributed by atoms with van der Waals surface area (Å²) in [6.45, 7) is 2.23. The second-order valence-electron chi connectivity index (χ2n) is 5.14. The molecule has 1 amide bonds. The Labute approximate surface area is 125 Å². The normalized spacial score (nSPS) is 20.0. The lowest BCUT2D eigenvalue weighted by Gasteiger charge is -2.27. The van der Waals surface area contributed by atoms with Crippen LogP contribution < -0.4 is 15.8 Å². The van der Waals surface area contributed by atoms with Crippen LogP contribution in [0.15, 0.2) is 24.3 Å². The molecule has 0 radical (unpaired) electrons. The number of rotatable bonds is 5. The fourth-order valence-corrected chi connectivity index (χ4v) is 2.74. The van der Waals surface area contributed by atoms with Gasteiger partial charge in [-0.2, -0.15) is 0 Å². The Morgan fingerprint density at radius 2 is 2.14 bits per heavy atom. The van der Waals surface area contributed by atoms with Gasteiger partial charge in [-0.3, -0.25) is 4.90 Å². The van der Waals surface area contributed by atoms with Crippen molar-refractivity contribution in [1.29, 1.82) is 0 Å². The average molecular weight is 293 g/mol. The van der Waals surface area contributed by atoms with Gasteiger partial charge in [-0.1, -0.05) is 12.1 Å². The third-order valence-electron chi connectivity index (χ3n) is 3.89. The molecule has 0 bridgehead atoms. The lowest BCUT2D eigenvalue weighted by Crippen LogP contribution is -2.39. The minimum absolute atomic E-state index is 0.116. The third-order valence-corrected chi connectivity index (χ3v) is 3.89. The number of nitrogens with zero attached hydrogens (tertiary/aromatic N) is 1. The Kier molecular flexibility index (Phi) is 5.41. The van der Waals surface area contributed by atoms with Crippen molar-refractivity contribution in [1.82, 2.24) is 10.2 Å². The minimum Gasteiger partial charge on any atom is -0.497 e. The number of alkyl carbamates (subject to hydrolysis) is 1. The standard InChI is InChI=1S/C15H23N3O3/c1-20-13-5-3-11(4-6-13)14(9-16)18-8-7-12(10-18)17-15(19)21-2/h3-6,12,14H,7-10,16H2,1-2H3,(H,17,19). The minimum atomic E-state index is -0.379. The summed E-state index contributed by atoms with van der Waals surface area (Å²) in [5, 5.41) is 2.84. The fraction of sp³-hybridized carbons (Fsp3) is 0.533. The van der Waals surface area contributed by atoms with Crippen molar-refractivity contribution in [3.8, 4) is 5.75 Å². The molecule has 2 rings (SSSR count). The molecule has 0 aromatic heterocycles. The Hall–Kier alpha value is -1.79. The van der Waals surface area contributed by atoms with Crippen LogP contribution in [0.2, 0.25) is 0 Å². The molecule has 0 aliphatic carbocycles. The molecule has 0 saturated carbocycles. The van der Waals surface area contributed by atoms with Gasteiger partial charge in [-0.25, -0.2) is 4.79 Å². The zero-order valence-corrected chi connectivity index (χ0v) is 12.5. The van der Waals surface area contributed by atoms with E-state index in [1.165, 1.54) is 7.11 Å². The maximum Gasteiger partial charge on any atom is 0.407 e. The second kappa shape index (κ2) is 7.28. The van der Waals surface area contributed by atoms with Crippen LogP contribution in [0, 0.1) is 0 Å². The van der Waals surface area contributed by atoms with E-state index in [0.29, 0.717) is 6.54 Å². The van der Waals surface area contributed by atoms with Gasteiger partial charge < -0.3 is 20.5 Å². The molecule has 116 valence electrons. The van der Waals surface area contributed by atoms with Gasteiger partial charge in [0.05, 0.1) is 14.2 Å². The van der Waals surface area contributed by atoms with Crippen molar-refractivity contribution < 1.29 is 14.3 Å². The van der Waals surface area contributed by atoms with Crippen molar-refractivity contribution >= 4 is 6.09 Å². The Morgan fingerprint density at radius 1 is 1.43 bits per heavy atom. The molecule has 2 atom stereocenters. The van der Waals surface area contributed by atoms with Crippen LogP contribution in [0.1, 0.15) is 18.0 Å². The molecule has 6 heteroatoms. The maximum atomic E-state index is 11.3. The van der Waals surface area contributed by atoms with Crippen LogP contribution in [0.4, 0.5) is 4.79 Å². The highest BCUT2D eigenvalue weighted by atomic mass is 16.5. The van der Waals surface area contributed by atoms with Gasteiger partial charge in [0, 0.05) is 31.7 Å². The van der Waals surface area contributed by atoms with Gasteiger partial charge in [0.1, 0.15) is 5.75 Å². The van der Waals surface area contributed by atoms with Gasteiger partial charge in [0.15, 0.2) is 0 Å². The van der Waals surface area contributed by atoms with Gasteiger partial charge >= 0.3 is 6.09 Å². The van der Waals surface area contributed by atoms with Crippen LogP contribution in [0.3, 0.4) is 0 Å². The van der Waals surface area contributed by atoms with Crippen molar-refractivity contribution in [3.63, 3.8) is 0 Å². The first-order chi connectivity index (χ1) is 10.2. The van der Waals surface area contributed by atoms with Crippen LogP contribution >= 0.6 is 0 Å². The van der Waals surface area contributed by atoms with Crippen molar-refractivity contribution in [2.45, 2.75) is 18.5 Å². The second-order valence-corrected chi connectivity index (χ2v) is 5.14. The number of amides is 1. The molecular weight excluding hydrogens is 270 g/mol. The van der Waals surface area contributed by atoms with Gasteiger partial charge in [-0.05, 0) is 24.1 Å². The number of nitrogens with one attached hydrogen (secondary N) is 1. The molecule has 1 fully saturated rings. The third kappa shape index (κ3) is 3.86. The number of methoxy groups -OCH3 is 2. The highest BCUT2D eigenvalue weighted by molar-refractivity contribution is 5.67. The predicted octanol–water partition coefficient (Wildman–Crippen LogP) is 1.13. The summed E-state index contributed by atoms with van der Waals surface area (Å²) in [5.41, 5.74) is 7.11. The average Bonchev–Trinajstić information content (AvgIpc) is 2.96. The van der Waals surface area contributed by atoms with E-state index < -0.39 is 0 Å². The van der Waals surface area contributed by atoms with E-state index in [1.807, 2.05) is 24.3 Å². The smallest absolute Gasteiger partial charge is 0.407 e. The molecular formula is C15H23N3O3. The number of carbonyl (C=O) groups excluding carboxylic acids is 1. The fourth-order valence-electron chi connectivity index (χ4n) is 2.74. The van der Waals surface area contributed by atoms with Crippen LogP contribution in [-0.4, -0.2) is 50.9 Å². The van der Waals surface area contributed by atoms with Gasteiger partial charge in [0.2, 0.25) is 0 Å². The number of benzene rings is 1. The number of nitrogens with two attached hydrogens (primary N) is 1. The first kappa shape index (κ1) is 15.6. The summed E-state index contributed by atoms with van der Waals surface area (Å²) in [6.07, 6.45) is 0.525. The quantitative estimate of drug-likeness (QED) is 0.851. The molecule has 0 spiro atoms. The molecule has 1 aromatic carbocycles. The molecule has 1 aromatic rings. The number of likely N-dealkylation sites (tertiary alicyclic amines) is 1. The highest BCUT2D eigenvalue weighted by Gasteiger charge is 2.29. The number of carbonyl (C=O) groups is 1. The molecule has 1 aliphatic heterocycles. The number of hydrogen-bond donors (Lipinski definition) is 2. The van der Waals surface area contributed by atoms with Crippen molar-refractivity contribution in [2.24, 2.45) is 5.73 Å². The molecule has 1 heterocycles. The predicted molar refractivity (Wildman–Crippen MR) is 80.3 cm³/mol. The largest absolute Gasteiger partial charge is 0.497 e. The maximum absolute atomic E-state index is 11.3. The van der Waals surface area contributed by atoms with E-state index in [1.54, 1.807) is 7.11 Å². The van der Waals surface area contributed by atoms with Crippen LogP contribution in [0.5, 0.6) is 5.75 Å². The number of hydrogen-bond acceptors (Lipinski definition) is 5. The van der Waals surface area contributed by atoms with Crippen LogP contribution in [-0.2, 0) is 4.74 Å². The van der Waals surface area contributed by atoms with E-state index in [-0.39, 0.29) is 18.2 Å². The summed E-state index contributed by atoms with van der Waals surface area (Å²) in [7, 11) is 3.03. The highest BCUT2D eigenvalue weighted by Crippen LogP contribution is 2.26. The van der Waals surface area contributed by atoms with Crippen molar-refractivity contribution in [2.75, 3.05) is 33.9 Å². The molecule has 2 unspecified atom stereocenters. The Bertz CT molecular complexity index is 464. The first-order valence-corrected chi connectivity index (χ1v) is 7.10. The lowest BCUT2D eigenvalue weighted by molar-refractivity contribution is 0.165. The van der Waals surface area contributed by atoms with E-state index >= 15 is 0 Å². The van der Waals surface area contributed by atoms with Gasteiger partial charge in [-0.15, -0.1) is 0 Å². The topological polar surface area (TPSA) is 76.8 Å².